The molecule has 0 bridgehead atoms. The molecule has 0 atom stereocenters. The van der Waals surface area contributed by atoms with Crippen LogP contribution >= 0.6 is 0 Å². The van der Waals surface area contributed by atoms with Gasteiger partial charge in [-0.05, 0) is 115 Å². The third-order valence-electron chi connectivity index (χ3n) is 11.7. The molecule has 1 aliphatic heterocycles. The second-order valence-electron chi connectivity index (χ2n) is 15.0. The Morgan fingerprint density at radius 2 is 1.00 bits per heavy atom. The van der Waals surface area contributed by atoms with Crippen molar-refractivity contribution in [3.8, 4) is 16.8 Å². The maximum atomic E-state index is 5.48. The topological polar surface area (TPSA) is 17.3 Å². The summed E-state index contributed by atoms with van der Waals surface area (Å²) in [6.07, 6.45) is 6.39. The third-order valence-corrected chi connectivity index (χ3v) is 11.7. The highest BCUT2D eigenvalue weighted by Crippen LogP contribution is 2.43. The molecular formula is C55H38N2. The minimum atomic E-state index is 0.847. The second kappa shape index (κ2) is 13.8. The van der Waals surface area contributed by atoms with Gasteiger partial charge < -0.3 is 4.57 Å². The zero-order valence-electron chi connectivity index (χ0n) is 31.4. The lowest BCUT2D eigenvalue weighted by Gasteiger charge is -2.17. The Kier molecular flexibility index (Phi) is 8.00. The van der Waals surface area contributed by atoms with E-state index >= 15 is 0 Å². The standard InChI is InChI=1S/C55H38N2/c1-4-16-37(17-5-1)39-20-14-28-51(56-52(36-39)38-18-6-2-7-19-38)41-30-32-48-49(35-41)45-24-11-10-23-44(45)47-27-15-26-43(55(47)48)40-31-33-54-50(34-40)46-25-12-13-29-53(46)57(54)42-21-8-3-9-22-42/h1-13,15-27,29-36H,14,28H2. The first-order valence-electron chi connectivity index (χ1n) is 19.9. The van der Waals surface area contributed by atoms with Crippen molar-refractivity contribution in [2.24, 2.45) is 4.99 Å². The molecule has 2 heteroatoms. The molecule has 1 aliphatic rings. The van der Waals surface area contributed by atoms with Gasteiger partial charge in [0.1, 0.15) is 0 Å². The molecule has 11 rings (SSSR count). The van der Waals surface area contributed by atoms with Crippen LogP contribution in [0.15, 0.2) is 211 Å². The smallest absolute Gasteiger partial charge is 0.0711 e. The number of allylic oxidation sites excluding steroid dienone is 3. The monoisotopic (exact) mass is 726 g/mol. The highest BCUT2D eigenvalue weighted by Gasteiger charge is 2.18. The summed E-state index contributed by atoms with van der Waals surface area (Å²) in [5.74, 6) is 0. The summed E-state index contributed by atoms with van der Waals surface area (Å²) in [5.41, 5.74) is 12.8. The quantitative estimate of drug-likeness (QED) is 0.157. The minimum absolute atomic E-state index is 0.847. The van der Waals surface area contributed by atoms with E-state index in [1.165, 1.54) is 82.1 Å². The average Bonchev–Trinajstić information content (AvgIpc) is 3.61. The molecule has 0 spiro atoms. The van der Waals surface area contributed by atoms with Crippen LogP contribution in [-0.4, -0.2) is 10.3 Å². The Labute approximate surface area is 332 Å². The van der Waals surface area contributed by atoms with Crippen LogP contribution in [0, 0.1) is 0 Å². The van der Waals surface area contributed by atoms with E-state index in [4.69, 9.17) is 4.99 Å². The van der Waals surface area contributed by atoms with Crippen LogP contribution in [0.5, 0.6) is 0 Å². The molecule has 10 aromatic rings. The van der Waals surface area contributed by atoms with Gasteiger partial charge in [0.05, 0.1) is 16.7 Å². The Balaban J connectivity index is 1.11. The molecule has 268 valence electrons. The molecule has 57 heavy (non-hydrogen) atoms. The van der Waals surface area contributed by atoms with E-state index < -0.39 is 0 Å². The molecule has 0 aliphatic carbocycles. The highest BCUT2D eigenvalue weighted by atomic mass is 15.0. The van der Waals surface area contributed by atoms with E-state index in [2.05, 4.69) is 211 Å². The molecule has 2 heterocycles. The van der Waals surface area contributed by atoms with Crippen molar-refractivity contribution in [2.45, 2.75) is 12.8 Å². The van der Waals surface area contributed by atoms with Crippen molar-refractivity contribution in [1.82, 2.24) is 4.57 Å². The summed E-state index contributed by atoms with van der Waals surface area (Å²) in [7, 11) is 0. The maximum absolute atomic E-state index is 5.48. The van der Waals surface area contributed by atoms with Crippen LogP contribution in [0.25, 0.3) is 82.2 Å². The number of fused-ring (bicyclic) bond motifs is 9. The van der Waals surface area contributed by atoms with E-state index in [0.29, 0.717) is 0 Å². The Hall–Kier alpha value is -7.29. The first kappa shape index (κ1) is 33.1. The second-order valence-corrected chi connectivity index (χ2v) is 15.0. The van der Waals surface area contributed by atoms with Crippen molar-refractivity contribution in [3.05, 3.63) is 223 Å². The summed E-state index contributed by atoms with van der Waals surface area (Å²) in [4.78, 5) is 5.48. The summed E-state index contributed by atoms with van der Waals surface area (Å²) in [5, 5.41) is 10.1. The fraction of sp³-hybridized carbons (Fsp3) is 0.0364. The molecule has 0 saturated carbocycles. The van der Waals surface area contributed by atoms with Crippen molar-refractivity contribution < 1.29 is 0 Å². The van der Waals surface area contributed by atoms with Gasteiger partial charge in [-0.15, -0.1) is 0 Å². The molecular weight excluding hydrogens is 689 g/mol. The average molecular weight is 727 g/mol. The van der Waals surface area contributed by atoms with Gasteiger partial charge in [-0.2, -0.15) is 0 Å². The third kappa shape index (κ3) is 5.69. The summed E-state index contributed by atoms with van der Waals surface area (Å²) in [6.45, 7) is 0. The lowest BCUT2D eigenvalue weighted by molar-refractivity contribution is 1.09. The molecule has 0 saturated heterocycles. The van der Waals surface area contributed by atoms with Gasteiger partial charge in [0.25, 0.3) is 0 Å². The zero-order valence-corrected chi connectivity index (χ0v) is 31.4. The van der Waals surface area contributed by atoms with Gasteiger partial charge in [0, 0.05) is 27.7 Å². The van der Waals surface area contributed by atoms with Gasteiger partial charge in [-0.3, -0.25) is 4.99 Å². The van der Waals surface area contributed by atoms with Crippen LogP contribution in [-0.2, 0) is 0 Å². The van der Waals surface area contributed by atoms with Gasteiger partial charge in [-0.1, -0.05) is 164 Å². The number of nitrogens with zero attached hydrogens (tertiary/aromatic N) is 2. The normalized spacial score (nSPS) is 13.4. The molecule has 0 radical (unpaired) electrons. The number of para-hydroxylation sites is 2. The predicted molar refractivity (Wildman–Crippen MR) is 243 cm³/mol. The largest absolute Gasteiger partial charge is 0.309 e. The van der Waals surface area contributed by atoms with Crippen molar-refractivity contribution in [1.29, 1.82) is 0 Å². The van der Waals surface area contributed by atoms with E-state index in [1.54, 1.807) is 0 Å². The Bertz CT molecular complexity index is 3260. The fourth-order valence-corrected chi connectivity index (χ4v) is 9.02. The van der Waals surface area contributed by atoms with Gasteiger partial charge >= 0.3 is 0 Å². The Morgan fingerprint density at radius 1 is 0.404 bits per heavy atom. The molecule has 9 aromatic carbocycles. The first-order chi connectivity index (χ1) is 28.3. The number of aromatic nitrogens is 1. The van der Waals surface area contributed by atoms with Crippen LogP contribution in [0.2, 0.25) is 0 Å². The number of hydrogen-bond donors (Lipinski definition) is 0. The van der Waals surface area contributed by atoms with Crippen LogP contribution < -0.4 is 0 Å². The summed E-state index contributed by atoms with van der Waals surface area (Å²) in [6, 6.07) is 70.5. The Morgan fingerprint density at radius 3 is 1.79 bits per heavy atom. The molecule has 0 N–H and O–H groups in total. The molecule has 0 unspecified atom stereocenters. The SMILES string of the molecule is C1=C(c2ccccc2)C=C(c2ccccc2)N=C(c2ccc3c(c2)c2ccccc2c2cccc(-c4ccc5c(c4)c4ccccc4n5-c4ccccc4)c23)CC1. The molecule has 0 amide bonds. The van der Waals surface area contributed by atoms with E-state index in [0.717, 1.165) is 35.4 Å². The predicted octanol–water partition coefficient (Wildman–Crippen LogP) is 14.6. The van der Waals surface area contributed by atoms with Crippen LogP contribution in [0.1, 0.15) is 29.5 Å². The zero-order chi connectivity index (χ0) is 37.7. The number of benzene rings is 9. The molecule has 0 fully saturated rings. The van der Waals surface area contributed by atoms with Crippen molar-refractivity contribution in [2.75, 3.05) is 0 Å². The van der Waals surface area contributed by atoms with Gasteiger partial charge in [0.15, 0.2) is 0 Å². The van der Waals surface area contributed by atoms with Crippen LogP contribution in [0.3, 0.4) is 0 Å². The first-order valence-corrected chi connectivity index (χ1v) is 19.9. The minimum Gasteiger partial charge on any atom is -0.309 e. The van der Waals surface area contributed by atoms with E-state index in [1.807, 2.05) is 0 Å². The molecule has 1 aromatic heterocycles. The van der Waals surface area contributed by atoms with E-state index in [-0.39, 0.29) is 0 Å². The maximum Gasteiger partial charge on any atom is 0.0711 e. The van der Waals surface area contributed by atoms with Gasteiger partial charge in [0.2, 0.25) is 0 Å². The van der Waals surface area contributed by atoms with Crippen molar-refractivity contribution in [3.63, 3.8) is 0 Å². The summed E-state index contributed by atoms with van der Waals surface area (Å²) >= 11 is 0. The fourth-order valence-electron chi connectivity index (χ4n) is 9.02. The molecule has 2 nitrogen and oxygen atoms in total. The summed E-state index contributed by atoms with van der Waals surface area (Å²) < 4.78 is 2.39. The van der Waals surface area contributed by atoms with E-state index in [9.17, 15) is 0 Å². The lowest BCUT2D eigenvalue weighted by atomic mass is 9.88. The van der Waals surface area contributed by atoms with Crippen LogP contribution in [0.4, 0.5) is 0 Å². The number of rotatable bonds is 5. The van der Waals surface area contributed by atoms with Gasteiger partial charge in [-0.25, -0.2) is 0 Å². The number of hydrogen-bond acceptors (Lipinski definition) is 1. The number of aliphatic imine (C=N–C) groups is 1. The highest BCUT2D eigenvalue weighted by molar-refractivity contribution is 6.29. The van der Waals surface area contributed by atoms with Crippen molar-refractivity contribution >= 4 is 71.1 Å². The lowest BCUT2D eigenvalue weighted by Crippen LogP contribution is -2.04.